The smallest absolute Gasteiger partial charge is 0.0822 e. The monoisotopic (exact) mass is 141 g/mol. The highest BCUT2D eigenvalue weighted by atomic mass is 16.2. The molecule has 0 N–H and O–H groups in total. The van der Waals surface area contributed by atoms with Crippen LogP contribution in [-0.2, 0) is 5.11 Å². The van der Waals surface area contributed by atoms with Gasteiger partial charge in [0, 0.05) is 0 Å². The third kappa shape index (κ3) is 7.70. The van der Waals surface area contributed by atoms with Crippen LogP contribution < -0.4 is 0 Å². The number of hydrogen-bond acceptors (Lipinski definition) is 0. The molecule has 0 atom stereocenters. The number of allylic oxidation sites excluding steroid dienone is 2. The zero-order valence-corrected chi connectivity index (χ0v) is 6.81. The van der Waals surface area contributed by atoms with Crippen LogP contribution in [-0.4, -0.2) is 6.61 Å². The minimum Gasteiger partial charge on any atom is -0.237 e. The Kier molecular flexibility index (Phi) is 8.44. The Bertz CT molecular complexity index is 76.8. The maximum absolute atomic E-state index is 10.0. The van der Waals surface area contributed by atoms with Crippen LogP contribution in [0.2, 0.25) is 0 Å². The summed E-state index contributed by atoms with van der Waals surface area (Å²) in [5, 5.41) is 10.0. The Labute approximate surface area is 63.8 Å². The fraction of sp³-hybridized carbons (Fsp3) is 0.778. The van der Waals surface area contributed by atoms with Crippen LogP contribution >= 0.6 is 0 Å². The first-order chi connectivity index (χ1) is 4.91. The van der Waals surface area contributed by atoms with Crippen molar-refractivity contribution in [2.45, 2.75) is 39.0 Å². The normalized spacial score (nSPS) is 11.0. The molecular weight excluding hydrogens is 124 g/mol. The highest BCUT2D eigenvalue weighted by Gasteiger charge is 1.86. The highest BCUT2D eigenvalue weighted by Crippen LogP contribution is 2.02. The lowest BCUT2D eigenvalue weighted by atomic mass is 10.1. The van der Waals surface area contributed by atoms with E-state index in [0.29, 0.717) is 0 Å². The molecule has 0 spiro atoms. The Balaban J connectivity index is 2.77. The Hall–Kier alpha value is -0.300. The molecule has 0 bridgehead atoms. The van der Waals surface area contributed by atoms with Crippen LogP contribution in [0.5, 0.6) is 0 Å². The van der Waals surface area contributed by atoms with Gasteiger partial charge in [-0.1, -0.05) is 25.0 Å². The molecule has 0 rings (SSSR count). The maximum atomic E-state index is 10.0. The fourth-order valence-corrected chi connectivity index (χ4v) is 0.884. The molecule has 0 unspecified atom stereocenters. The molecule has 10 heavy (non-hydrogen) atoms. The molecule has 0 aliphatic heterocycles. The number of rotatable bonds is 6. The first-order valence-electron chi connectivity index (χ1n) is 4.11. The third-order valence-electron chi connectivity index (χ3n) is 1.50. The molecule has 0 aromatic heterocycles. The zero-order valence-electron chi connectivity index (χ0n) is 6.81. The molecule has 1 heteroatoms. The summed E-state index contributed by atoms with van der Waals surface area (Å²) < 4.78 is 0. The van der Waals surface area contributed by atoms with Crippen molar-refractivity contribution in [3.05, 3.63) is 12.2 Å². The second-order valence-electron chi connectivity index (χ2n) is 2.48. The zero-order chi connectivity index (χ0) is 7.66. The standard InChI is InChI=1S/C9H17O/c1-2-3-4-5-6-7-8-9-10/h2-3H,4-9H2,1H3. The largest absolute Gasteiger partial charge is 0.237 e. The maximum Gasteiger partial charge on any atom is 0.0822 e. The summed E-state index contributed by atoms with van der Waals surface area (Å²) in [5.41, 5.74) is 0. The lowest BCUT2D eigenvalue weighted by Gasteiger charge is -1.94. The minimum absolute atomic E-state index is 0.101. The van der Waals surface area contributed by atoms with Crippen molar-refractivity contribution in [1.82, 2.24) is 0 Å². The van der Waals surface area contributed by atoms with Crippen LogP contribution in [0, 0.1) is 0 Å². The van der Waals surface area contributed by atoms with Crippen molar-refractivity contribution in [2.75, 3.05) is 6.61 Å². The van der Waals surface area contributed by atoms with Gasteiger partial charge in [-0.2, -0.15) is 0 Å². The van der Waals surface area contributed by atoms with Crippen LogP contribution in [0.15, 0.2) is 12.2 Å². The van der Waals surface area contributed by atoms with Gasteiger partial charge in [0.2, 0.25) is 0 Å². The molecular formula is C9H17O. The average Bonchev–Trinajstić information content (AvgIpc) is 1.97. The number of unbranched alkanes of at least 4 members (excludes halogenated alkanes) is 4. The van der Waals surface area contributed by atoms with Gasteiger partial charge < -0.3 is 0 Å². The lowest BCUT2D eigenvalue weighted by Crippen LogP contribution is -1.80. The Morgan fingerprint density at radius 2 is 1.80 bits per heavy atom. The van der Waals surface area contributed by atoms with Crippen LogP contribution in [0.25, 0.3) is 0 Å². The second-order valence-corrected chi connectivity index (χ2v) is 2.48. The van der Waals surface area contributed by atoms with Crippen LogP contribution in [0.4, 0.5) is 0 Å². The molecule has 0 heterocycles. The molecule has 59 valence electrons. The van der Waals surface area contributed by atoms with Crippen molar-refractivity contribution >= 4 is 0 Å². The lowest BCUT2D eigenvalue weighted by molar-refractivity contribution is 0.186. The SMILES string of the molecule is CC=CCCCCCC[O]. The predicted octanol–water partition coefficient (Wildman–Crippen LogP) is 2.94. The second kappa shape index (κ2) is 8.70. The third-order valence-corrected chi connectivity index (χ3v) is 1.50. The molecule has 0 aromatic rings. The van der Waals surface area contributed by atoms with Crippen molar-refractivity contribution in [1.29, 1.82) is 0 Å². The van der Waals surface area contributed by atoms with Gasteiger partial charge in [0.15, 0.2) is 0 Å². The highest BCUT2D eigenvalue weighted by molar-refractivity contribution is 4.76. The van der Waals surface area contributed by atoms with Crippen molar-refractivity contribution < 1.29 is 5.11 Å². The molecule has 0 aliphatic rings. The predicted molar refractivity (Wildman–Crippen MR) is 43.5 cm³/mol. The van der Waals surface area contributed by atoms with Gasteiger partial charge in [0.25, 0.3) is 0 Å². The molecule has 0 saturated heterocycles. The first-order valence-corrected chi connectivity index (χ1v) is 4.11. The summed E-state index contributed by atoms with van der Waals surface area (Å²) in [4.78, 5) is 0. The van der Waals surface area contributed by atoms with E-state index >= 15 is 0 Å². The van der Waals surface area contributed by atoms with E-state index in [2.05, 4.69) is 12.2 Å². The van der Waals surface area contributed by atoms with E-state index < -0.39 is 0 Å². The summed E-state index contributed by atoms with van der Waals surface area (Å²) in [6, 6.07) is 0. The fourth-order valence-electron chi connectivity index (χ4n) is 0.884. The summed E-state index contributed by atoms with van der Waals surface area (Å²) >= 11 is 0. The topological polar surface area (TPSA) is 19.9 Å². The van der Waals surface area contributed by atoms with Gasteiger partial charge in [-0.15, -0.1) is 0 Å². The summed E-state index contributed by atoms with van der Waals surface area (Å²) in [5.74, 6) is 0. The molecule has 0 saturated carbocycles. The Morgan fingerprint density at radius 3 is 2.40 bits per heavy atom. The van der Waals surface area contributed by atoms with E-state index in [4.69, 9.17) is 0 Å². The summed E-state index contributed by atoms with van der Waals surface area (Å²) in [6.07, 6.45) is 9.86. The van der Waals surface area contributed by atoms with Crippen LogP contribution in [0.3, 0.4) is 0 Å². The first kappa shape index (κ1) is 9.70. The van der Waals surface area contributed by atoms with Gasteiger partial charge >= 0.3 is 0 Å². The van der Waals surface area contributed by atoms with E-state index in [-0.39, 0.29) is 6.61 Å². The molecule has 1 radical (unpaired) electrons. The molecule has 0 amide bonds. The summed E-state index contributed by atoms with van der Waals surface area (Å²) in [6.45, 7) is 2.14. The Morgan fingerprint density at radius 1 is 1.10 bits per heavy atom. The quantitative estimate of drug-likeness (QED) is 0.400. The van der Waals surface area contributed by atoms with Gasteiger partial charge in [0.1, 0.15) is 0 Å². The van der Waals surface area contributed by atoms with Crippen LogP contribution in [0.1, 0.15) is 39.0 Å². The van der Waals surface area contributed by atoms with Crippen molar-refractivity contribution in [3.8, 4) is 0 Å². The van der Waals surface area contributed by atoms with Gasteiger partial charge in [-0.25, -0.2) is 5.11 Å². The molecule has 1 nitrogen and oxygen atoms in total. The van der Waals surface area contributed by atoms with E-state index in [1.807, 2.05) is 6.92 Å². The molecule has 0 aromatic carbocycles. The van der Waals surface area contributed by atoms with E-state index in [1.54, 1.807) is 0 Å². The van der Waals surface area contributed by atoms with E-state index in [1.165, 1.54) is 19.3 Å². The number of hydrogen-bond donors (Lipinski definition) is 0. The van der Waals surface area contributed by atoms with Crippen molar-refractivity contribution in [3.63, 3.8) is 0 Å². The van der Waals surface area contributed by atoms with E-state index in [9.17, 15) is 5.11 Å². The van der Waals surface area contributed by atoms with Gasteiger partial charge in [-0.3, -0.25) is 0 Å². The molecule has 0 fully saturated rings. The summed E-state index contributed by atoms with van der Waals surface area (Å²) in [7, 11) is 0. The van der Waals surface area contributed by atoms with Crippen molar-refractivity contribution in [2.24, 2.45) is 0 Å². The van der Waals surface area contributed by atoms with Gasteiger partial charge in [0.05, 0.1) is 6.61 Å². The minimum atomic E-state index is 0.101. The van der Waals surface area contributed by atoms with Gasteiger partial charge in [-0.05, 0) is 26.2 Å². The van der Waals surface area contributed by atoms with E-state index in [0.717, 1.165) is 12.8 Å². The average molecular weight is 141 g/mol. The molecule has 0 aliphatic carbocycles.